The van der Waals surface area contributed by atoms with Crippen molar-refractivity contribution in [3.05, 3.63) is 23.8 Å². The maximum atomic E-state index is 12.1. The molecule has 1 saturated heterocycles. The summed E-state index contributed by atoms with van der Waals surface area (Å²) in [6.07, 6.45) is 3.42. The van der Waals surface area contributed by atoms with Crippen molar-refractivity contribution in [2.24, 2.45) is 5.41 Å². The van der Waals surface area contributed by atoms with Gasteiger partial charge in [0.25, 0.3) is 5.91 Å². The Morgan fingerprint density at radius 2 is 2.11 bits per heavy atom. The summed E-state index contributed by atoms with van der Waals surface area (Å²) in [7, 11) is 0. The minimum Gasteiger partial charge on any atom is -0.481 e. The molecule has 96 valence electrons. The van der Waals surface area contributed by atoms with Crippen molar-refractivity contribution in [3.8, 4) is 0 Å². The lowest BCUT2D eigenvalue weighted by molar-refractivity contribution is -0.147. The molecular formula is C12H15N3O3. The van der Waals surface area contributed by atoms with Crippen molar-refractivity contribution >= 4 is 11.9 Å². The molecule has 1 amide bonds. The lowest BCUT2D eigenvalue weighted by atomic mass is 9.90. The molecule has 0 aliphatic carbocycles. The molecule has 0 aromatic carbocycles. The highest BCUT2D eigenvalue weighted by Crippen LogP contribution is 2.30. The van der Waals surface area contributed by atoms with Crippen molar-refractivity contribution < 1.29 is 14.7 Å². The average molecular weight is 249 g/mol. The van der Waals surface area contributed by atoms with Crippen LogP contribution in [0.3, 0.4) is 0 Å². The number of rotatable bonds is 2. The van der Waals surface area contributed by atoms with E-state index in [1.165, 1.54) is 17.3 Å². The Kier molecular flexibility index (Phi) is 3.02. The van der Waals surface area contributed by atoms with E-state index in [1.807, 2.05) is 0 Å². The summed E-state index contributed by atoms with van der Waals surface area (Å²) >= 11 is 0. The number of aryl methyl sites for hydroxylation is 1. The van der Waals surface area contributed by atoms with Crippen molar-refractivity contribution in [2.75, 3.05) is 13.1 Å². The smallest absolute Gasteiger partial charge is 0.311 e. The van der Waals surface area contributed by atoms with Gasteiger partial charge in [0.2, 0.25) is 0 Å². The normalized spacial score (nSPS) is 23.1. The van der Waals surface area contributed by atoms with E-state index in [-0.39, 0.29) is 18.1 Å². The van der Waals surface area contributed by atoms with E-state index in [1.54, 1.807) is 13.8 Å². The Labute approximate surface area is 105 Å². The predicted octanol–water partition coefficient (Wildman–Crippen LogP) is 0.722. The van der Waals surface area contributed by atoms with Gasteiger partial charge in [-0.05, 0) is 20.3 Å². The van der Waals surface area contributed by atoms with Crippen LogP contribution in [0.2, 0.25) is 0 Å². The van der Waals surface area contributed by atoms with Gasteiger partial charge in [0, 0.05) is 19.3 Å². The average Bonchev–Trinajstić information content (AvgIpc) is 2.73. The van der Waals surface area contributed by atoms with Gasteiger partial charge in [-0.15, -0.1) is 0 Å². The highest BCUT2D eigenvalue weighted by molar-refractivity contribution is 5.93. The van der Waals surface area contributed by atoms with Crippen LogP contribution in [0, 0.1) is 12.3 Å². The van der Waals surface area contributed by atoms with E-state index in [4.69, 9.17) is 5.11 Å². The molecule has 1 aliphatic rings. The van der Waals surface area contributed by atoms with Crippen molar-refractivity contribution in [1.82, 2.24) is 14.9 Å². The van der Waals surface area contributed by atoms with Crippen LogP contribution >= 0.6 is 0 Å². The Balaban J connectivity index is 2.12. The summed E-state index contributed by atoms with van der Waals surface area (Å²) in [5, 5.41) is 9.11. The number of hydrogen-bond donors (Lipinski definition) is 1. The second kappa shape index (κ2) is 4.36. The summed E-state index contributed by atoms with van der Waals surface area (Å²) in [5.74, 6) is -1.12. The lowest BCUT2D eigenvalue weighted by Crippen LogP contribution is -2.35. The summed E-state index contributed by atoms with van der Waals surface area (Å²) < 4.78 is 0. The fourth-order valence-corrected chi connectivity index (χ4v) is 1.97. The second-order valence-electron chi connectivity index (χ2n) is 4.89. The predicted molar refractivity (Wildman–Crippen MR) is 63.0 cm³/mol. The van der Waals surface area contributed by atoms with Crippen LogP contribution in [0.4, 0.5) is 0 Å². The molecule has 0 spiro atoms. The zero-order valence-electron chi connectivity index (χ0n) is 10.4. The number of carbonyl (C=O) groups excluding carboxylic acids is 1. The van der Waals surface area contributed by atoms with Crippen LogP contribution in [0.5, 0.6) is 0 Å². The molecule has 2 heterocycles. The molecule has 0 bridgehead atoms. The molecule has 0 radical (unpaired) electrons. The minimum atomic E-state index is -0.868. The van der Waals surface area contributed by atoms with E-state index in [0.717, 1.165) is 5.69 Å². The zero-order valence-corrected chi connectivity index (χ0v) is 10.4. The minimum absolute atomic E-state index is 0.219. The molecule has 6 heteroatoms. The number of nitrogens with zero attached hydrogens (tertiary/aromatic N) is 3. The first-order valence-corrected chi connectivity index (χ1v) is 5.74. The van der Waals surface area contributed by atoms with Gasteiger partial charge in [-0.2, -0.15) is 0 Å². The molecular weight excluding hydrogens is 234 g/mol. The third kappa shape index (κ3) is 2.18. The highest BCUT2D eigenvalue weighted by Gasteiger charge is 2.42. The fraction of sp³-hybridized carbons (Fsp3) is 0.500. The van der Waals surface area contributed by atoms with Gasteiger partial charge in [0.05, 0.1) is 17.3 Å². The lowest BCUT2D eigenvalue weighted by Gasteiger charge is -2.19. The van der Waals surface area contributed by atoms with Crippen LogP contribution in [-0.4, -0.2) is 44.9 Å². The van der Waals surface area contributed by atoms with Crippen molar-refractivity contribution in [2.45, 2.75) is 20.3 Å². The van der Waals surface area contributed by atoms with Crippen molar-refractivity contribution in [3.63, 3.8) is 0 Å². The first-order valence-electron chi connectivity index (χ1n) is 5.74. The van der Waals surface area contributed by atoms with Gasteiger partial charge in [-0.25, -0.2) is 4.98 Å². The zero-order chi connectivity index (χ0) is 13.3. The number of amides is 1. The standard InChI is InChI=1S/C12H15N3O3/c1-8-5-14-9(6-13-8)10(16)15-4-3-12(2,7-15)11(17)18/h5-6H,3-4,7H2,1-2H3,(H,17,18)/t12-/m1/s1. The number of aliphatic carboxylic acids is 1. The number of likely N-dealkylation sites (tertiary alicyclic amines) is 1. The summed E-state index contributed by atoms with van der Waals surface area (Å²) in [6.45, 7) is 4.11. The largest absolute Gasteiger partial charge is 0.481 e. The van der Waals surface area contributed by atoms with Crippen LogP contribution in [0.15, 0.2) is 12.4 Å². The number of carboxylic acids is 1. The molecule has 0 unspecified atom stereocenters. The van der Waals surface area contributed by atoms with Crippen LogP contribution in [0.25, 0.3) is 0 Å². The molecule has 1 atom stereocenters. The fourth-order valence-electron chi connectivity index (χ4n) is 1.97. The molecule has 0 saturated carbocycles. The quantitative estimate of drug-likeness (QED) is 0.835. The van der Waals surface area contributed by atoms with E-state index in [2.05, 4.69) is 9.97 Å². The summed E-state index contributed by atoms with van der Waals surface area (Å²) in [4.78, 5) is 32.8. The first kappa shape index (κ1) is 12.5. The molecule has 18 heavy (non-hydrogen) atoms. The maximum absolute atomic E-state index is 12.1. The van der Waals surface area contributed by atoms with Gasteiger partial charge < -0.3 is 10.0 Å². The molecule has 1 N–H and O–H groups in total. The third-order valence-electron chi connectivity index (χ3n) is 3.28. The maximum Gasteiger partial charge on any atom is 0.311 e. The Bertz CT molecular complexity index is 486. The molecule has 2 rings (SSSR count). The van der Waals surface area contributed by atoms with Crippen LogP contribution < -0.4 is 0 Å². The topological polar surface area (TPSA) is 83.4 Å². The monoisotopic (exact) mass is 249 g/mol. The van der Waals surface area contributed by atoms with Gasteiger partial charge in [-0.1, -0.05) is 0 Å². The highest BCUT2D eigenvalue weighted by atomic mass is 16.4. The Morgan fingerprint density at radius 3 is 2.61 bits per heavy atom. The van der Waals surface area contributed by atoms with Crippen LogP contribution in [-0.2, 0) is 4.79 Å². The van der Waals surface area contributed by atoms with Gasteiger partial charge in [-0.3, -0.25) is 14.6 Å². The number of carbonyl (C=O) groups is 2. The molecule has 6 nitrogen and oxygen atoms in total. The summed E-state index contributed by atoms with van der Waals surface area (Å²) in [5.41, 5.74) is 0.145. The van der Waals surface area contributed by atoms with E-state index in [9.17, 15) is 9.59 Å². The SMILES string of the molecule is Cc1cnc(C(=O)N2CC[C@@](C)(C(=O)O)C2)cn1. The second-order valence-corrected chi connectivity index (χ2v) is 4.89. The number of carboxylic acid groups (broad SMARTS) is 1. The van der Waals surface area contributed by atoms with E-state index >= 15 is 0 Å². The van der Waals surface area contributed by atoms with Gasteiger partial charge in [0.1, 0.15) is 5.69 Å². The van der Waals surface area contributed by atoms with Gasteiger partial charge in [0.15, 0.2) is 0 Å². The van der Waals surface area contributed by atoms with Crippen LogP contribution in [0.1, 0.15) is 29.5 Å². The van der Waals surface area contributed by atoms with Gasteiger partial charge >= 0.3 is 5.97 Å². The van der Waals surface area contributed by atoms with E-state index < -0.39 is 11.4 Å². The number of aromatic nitrogens is 2. The van der Waals surface area contributed by atoms with E-state index in [0.29, 0.717) is 13.0 Å². The Morgan fingerprint density at radius 1 is 1.39 bits per heavy atom. The Hall–Kier alpha value is -1.98. The summed E-state index contributed by atoms with van der Waals surface area (Å²) in [6, 6.07) is 0. The first-order chi connectivity index (χ1) is 8.42. The molecule has 1 fully saturated rings. The molecule has 1 aromatic rings. The third-order valence-corrected chi connectivity index (χ3v) is 3.28. The number of hydrogen-bond acceptors (Lipinski definition) is 4. The molecule has 1 aliphatic heterocycles. The van der Waals surface area contributed by atoms with Crippen molar-refractivity contribution in [1.29, 1.82) is 0 Å². The molecule has 1 aromatic heterocycles.